The van der Waals surface area contributed by atoms with Crippen LogP contribution in [0.15, 0.2) is 54.9 Å². The standard InChI is InChI=1S/C12H12N2.CH2N4.ClH/c13-11-5-1-9(2-6-11)10-3-7-12(14)8-4-10;1-2-4-5-3-1;/h1-8H,13-14H2;1H,(H,2,3,4,5);1H. The number of nitrogen functional groups attached to an aromatic ring is 2. The Morgan fingerprint density at radius 1 is 0.750 bits per heavy atom. The number of H-pyrrole nitrogens is 1. The maximum absolute atomic E-state index is 5.61. The molecule has 3 rings (SSSR count). The minimum atomic E-state index is 0. The number of nitrogens with zero attached hydrogens (tertiary/aromatic N) is 3. The van der Waals surface area contributed by atoms with Gasteiger partial charge in [-0.25, -0.2) is 0 Å². The Balaban J connectivity index is 0.000000283. The van der Waals surface area contributed by atoms with Crippen molar-refractivity contribution in [2.75, 3.05) is 11.5 Å². The number of nitrogens with one attached hydrogen (secondary N) is 1. The van der Waals surface area contributed by atoms with E-state index < -0.39 is 0 Å². The number of rotatable bonds is 1. The molecule has 0 atom stereocenters. The fourth-order valence-corrected chi connectivity index (χ4v) is 1.48. The number of hydrogen-bond acceptors (Lipinski definition) is 5. The highest BCUT2D eigenvalue weighted by molar-refractivity contribution is 5.85. The number of aromatic nitrogens is 4. The highest BCUT2D eigenvalue weighted by Crippen LogP contribution is 2.21. The normalized spacial score (nSPS) is 9.00. The lowest BCUT2D eigenvalue weighted by atomic mass is 10.1. The molecule has 1 heterocycles. The lowest BCUT2D eigenvalue weighted by Gasteiger charge is -2.02. The Morgan fingerprint density at radius 3 is 1.45 bits per heavy atom. The van der Waals surface area contributed by atoms with Crippen LogP contribution >= 0.6 is 12.4 Å². The van der Waals surface area contributed by atoms with Gasteiger partial charge >= 0.3 is 0 Å². The summed E-state index contributed by atoms with van der Waals surface area (Å²) in [6.45, 7) is 0. The molecule has 0 unspecified atom stereocenters. The maximum atomic E-state index is 5.61. The van der Waals surface area contributed by atoms with E-state index in [1.54, 1.807) is 0 Å². The molecule has 2 aromatic carbocycles. The van der Waals surface area contributed by atoms with Crippen LogP contribution in [0.2, 0.25) is 0 Å². The molecule has 5 N–H and O–H groups in total. The van der Waals surface area contributed by atoms with Gasteiger partial charge in [0.1, 0.15) is 0 Å². The topological polar surface area (TPSA) is 107 Å². The van der Waals surface area contributed by atoms with Gasteiger partial charge < -0.3 is 11.5 Å². The van der Waals surface area contributed by atoms with E-state index >= 15 is 0 Å². The Kier molecular flexibility index (Phi) is 5.99. The number of nitrogens with two attached hydrogens (primary N) is 2. The molecule has 1 aromatic heterocycles. The summed E-state index contributed by atoms with van der Waals surface area (Å²) in [5, 5.41) is 12.2. The Bertz CT molecular complexity index is 531. The van der Waals surface area contributed by atoms with Crippen molar-refractivity contribution in [3.63, 3.8) is 0 Å². The predicted octanol–water partition coefficient (Wildman–Crippen LogP) is 2.14. The number of benzene rings is 2. The fourth-order valence-electron chi connectivity index (χ4n) is 1.48. The van der Waals surface area contributed by atoms with E-state index in [1.165, 1.54) is 6.33 Å². The number of aromatic amines is 1. The Morgan fingerprint density at radius 2 is 1.20 bits per heavy atom. The summed E-state index contributed by atoms with van der Waals surface area (Å²) < 4.78 is 0. The van der Waals surface area contributed by atoms with Crippen molar-refractivity contribution in [3.05, 3.63) is 54.9 Å². The first-order valence-corrected chi connectivity index (χ1v) is 5.63. The molecule has 0 amide bonds. The van der Waals surface area contributed by atoms with Gasteiger partial charge in [0.2, 0.25) is 0 Å². The van der Waals surface area contributed by atoms with Crippen molar-refractivity contribution in [1.82, 2.24) is 20.6 Å². The van der Waals surface area contributed by atoms with Crippen LogP contribution in [0.25, 0.3) is 11.1 Å². The Hall–Kier alpha value is -2.60. The highest BCUT2D eigenvalue weighted by atomic mass is 35.5. The minimum Gasteiger partial charge on any atom is -0.399 e. The van der Waals surface area contributed by atoms with E-state index in [9.17, 15) is 0 Å². The molecule has 0 aliphatic carbocycles. The molecule has 6 nitrogen and oxygen atoms in total. The lowest BCUT2D eigenvalue weighted by Crippen LogP contribution is -1.85. The van der Waals surface area contributed by atoms with Gasteiger partial charge in [0.05, 0.1) is 0 Å². The minimum absolute atomic E-state index is 0. The Labute approximate surface area is 122 Å². The van der Waals surface area contributed by atoms with E-state index in [2.05, 4.69) is 20.6 Å². The smallest absolute Gasteiger partial charge is 0.161 e. The van der Waals surface area contributed by atoms with Gasteiger partial charge in [-0.3, -0.25) is 0 Å². The third-order valence-corrected chi connectivity index (χ3v) is 2.42. The van der Waals surface area contributed by atoms with Crippen molar-refractivity contribution >= 4 is 23.8 Å². The first-order valence-electron chi connectivity index (χ1n) is 5.63. The second kappa shape index (κ2) is 7.75. The molecule has 0 aliphatic rings. The average Bonchev–Trinajstić information content (AvgIpc) is 3.00. The van der Waals surface area contributed by atoms with Gasteiger partial charge in [0.25, 0.3) is 0 Å². The number of anilines is 2. The van der Waals surface area contributed by atoms with E-state index in [1.807, 2.05) is 48.5 Å². The molecule has 104 valence electrons. The molecule has 0 fully saturated rings. The number of halogens is 1. The molecule has 3 aromatic rings. The van der Waals surface area contributed by atoms with Crippen molar-refractivity contribution < 1.29 is 0 Å². The third-order valence-electron chi connectivity index (χ3n) is 2.42. The number of hydrogen-bond donors (Lipinski definition) is 3. The second-order valence-corrected chi connectivity index (χ2v) is 3.80. The second-order valence-electron chi connectivity index (χ2n) is 3.80. The predicted molar refractivity (Wildman–Crippen MR) is 82.1 cm³/mol. The summed E-state index contributed by atoms with van der Waals surface area (Å²) >= 11 is 0. The maximum Gasteiger partial charge on any atom is 0.161 e. The summed E-state index contributed by atoms with van der Waals surface area (Å²) in [5.74, 6) is 0. The summed E-state index contributed by atoms with van der Waals surface area (Å²) in [4.78, 5) is 0. The van der Waals surface area contributed by atoms with Crippen LogP contribution < -0.4 is 11.5 Å². The van der Waals surface area contributed by atoms with Gasteiger partial charge in [-0.2, -0.15) is 5.21 Å². The summed E-state index contributed by atoms with van der Waals surface area (Å²) in [7, 11) is 0. The number of tetrazole rings is 1. The summed E-state index contributed by atoms with van der Waals surface area (Å²) in [5.41, 5.74) is 15.1. The fraction of sp³-hybridized carbons (Fsp3) is 0. The molecule has 0 bridgehead atoms. The van der Waals surface area contributed by atoms with Gasteiger partial charge in [0.15, 0.2) is 6.33 Å². The van der Waals surface area contributed by atoms with E-state index in [0.29, 0.717) is 0 Å². The van der Waals surface area contributed by atoms with Gasteiger partial charge in [-0.1, -0.05) is 29.5 Å². The summed E-state index contributed by atoms with van der Waals surface area (Å²) in [6, 6.07) is 15.6. The van der Waals surface area contributed by atoms with Crippen molar-refractivity contribution in [1.29, 1.82) is 0 Å². The van der Waals surface area contributed by atoms with Crippen molar-refractivity contribution in [3.8, 4) is 11.1 Å². The average molecular weight is 291 g/mol. The monoisotopic (exact) mass is 290 g/mol. The highest BCUT2D eigenvalue weighted by Gasteiger charge is 1.95. The lowest BCUT2D eigenvalue weighted by molar-refractivity contribution is 0.881. The van der Waals surface area contributed by atoms with Crippen LogP contribution in [-0.2, 0) is 0 Å². The molecule has 0 spiro atoms. The third kappa shape index (κ3) is 4.58. The zero-order valence-electron chi connectivity index (χ0n) is 10.6. The molecule has 20 heavy (non-hydrogen) atoms. The quantitative estimate of drug-likeness (QED) is 0.595. The molecular weight excluding hydrogens is 276 g/mol. The van der Waals surface area contributed by atoms with Gasteiger partial charge in [0, 0.05) is 11.4 Å². The first kappa shape index (κ1) is 15.5. The molecular formula is C13H15ClN6. The van der Waals surface area contributed by atoms with Gasteiger partial charge in [-0.15, -0.1) is 22.6 Å². The van der Waals surface area contributed by atoms with Gasteiger partial charge in [-0.05, 0) is 35.4 Å². The molecule has 7 heteroatoms. The van der Waals surface area contributed by atoms with E-state index in [4.69, 9.17) is 11.5 Å². The van der Waals surface area contributed by atoms with E-state index in [0.717, 1.165) is 22.5 Å². The molecule has 0 saturated heterocycles. The van der Waals surface area contributed by atoms with Crippen LogP contribution in [0.4, 0.5) is 11.4 Å². The van der Waals surface area contributed by atoms with Crippen LogP contribution in [0.5, 0.6) is 0 Å². The molecule has 0 saturated carbocycles. The van der Waals surface area contributed by atoms with Crippen LogP contribution in [-0.4, -0.2) is 20.6 Å². The molecule has 0 aliphatic heterocycles. The zero-order chi connectivity index (χ0) is 13.5. The van der Waals surface area contributed by atoms with Crippen molar-refractivity contribution in [2.45, 2.75) is 0 Å². The summed E-state index contributed by atoms with van der Waals surface area (Å²) in [6.07, 6.45) is 1.33. The van der Waals surface area contributed by atoms with Crippen LogP contribution in [0.1, 0.15) is 0 Å². The van der Waals surface area contributed by atoms with Crippen LogP contribution in [0.3, 0.4) is 0 Å². The van der Waals surface area contributed by atoms with E-state index in [-0.39, 0.29) is 12.4 Å². The van der Waals surface area contributed by atoms with Crippen molar-refractivity contribution in [2.24, 2.45) is 0 Å². The van der Waals surface area contributed by atoms with Crippen LogP contribution in [0, 0.1) is 0 Å². The first-order chi connectivity index (χ1) is 9.25. The zero-order valence-corrected chi connectivity index (χ0v) is 11.4. The SMILES string of the molecule is Cl.Nc1ccc(-c2ccc(N)cc2)cc1.c1nn[nH]n1. The molecule has 0 radical (unpaired) electrons. The largest absolute Gasteiger partial charge is 0.399 e.